The Morgan fingerprint density at radius 1 is 0.930 bits per heavy atom. The first-order valence-corrected chi connectivity index (χ1v) is 16.3. The third kappa shape index (κ3) is 9.42. The third-order valence-corrected chi connectivity index (χ3v) is 8.02. The van der Waals surface area contributed by atoms with Crippen LogP contribution in [-0.2, 0) is 16.1 Å². The van der Waals surface area contributed by atoms with Gasteiger partial charge in [0.2, 0.25) is 5.95 Å². The summed E-state index contributed by atoms with van der Waals surface area (Å²) in [5.74, 6) is 0.521. The lowest BCUT2D eigenvalue weighted by molar-refractivity contribution is -0.137. The Kier molecular flexibility index (Phi) is 12.6. The fourth-order valence-corrected chi connectivity index (χ4v) is 5.57. The van der Waals surface area contributed by atoms with E-state index in [0.29, 0.717) is 6.61 Å². The second-order valence-corrected chi connectivity index (χ2v) is 11.4. The highest BCUT2D eigenvalue weighted by molar-refractivity contribution is 5.98. The second kappa shape index (κ2) is 16.8. The number of rotatable bonds is 16. The fraction of sp³-hybridized carbons (Fsp3) is 0.514. The number of piperidine rings is 1. The molecule has 0 radical (unpaired) electrons. The van der Waals surface area contributed by atoms with Gasteiger partial charge in [-0.25, -0.2) is 9.78 Å². The van der Waals surface area contributed by atoms with Crippen LogP contribution in [0.3, 0.4) is 0 Å². The van der Waals surface area contributed by atoms with Crippen LogP contribution < -0.4 is 5.32 Å². The van der Waals surface area contributed by atoms with Crippen molar-refractivity contribution in [2.75, 3.05) is 44.6 Å². The molecule has 1 aliphatic heterocycles. The highest BCUT2D eigenvalue weighted by Crippen LogP contribution is 2.26. The normalized spacial score (nSPS) is 13.9. The maximum atomic E-state index is 13.6. The molecular formula is C35H49N5O3. The van der Waals surface area contributed by atoms with Gasteiger partial charge in [0.25, 0.3) is 5.91 Å². The van der Waals surface area contributed by atoms with Crippen LogP contribution >= 0.6 is 0 Å². The van der Waals surface area contributed by atoms with Crippen LogP contribution in [-0.4, -0.2) is 70.6 Å². The minimum absolute atomic E-state index is 0.103. The number of hydrogen-bond acceptors (Lipinski definition) is 6. The van der Waals surface area contributed by atoms with Crippen molar-refractivity contribution in [3.8, 4) is 0 Å². The third-order valence-electron chi connectivity index (χ3n) is 8.02. The number of anilines is 2. The summed E-state index contributed by atoms with van der Waals surface area (Å²) in [4.78, 5) is 34.8. The Morgan fingerprint density at radius 3 is 2.33 bits per heavy atom. The molecule has 0 atom stereocenters. The molecule has 1 N–H and O–H groups in total. The number of carbonyl (C=O) groups is 2. The lowest BCUT2D eigenvalue weighted by Crippen LogP contribution is -2.33. The summed E-state index contributed by atoms with van der Waals surface area (Å²) < 4.78 is 7.20. The summed E-state index contributed by atoms with van der Waals surface area (Å²) in [6.45, 7) is 12.3. The number of likely N-dealkylation sites (tertiary alicyclic amines) is 1. The van der Waals surface area contributed by atoms with Crippen LogP contribution in [0.1, 0.15) is 88.1 Å². The molecule has 0 saturated carbocycles. The molecular weight excluding hydrogens is 538 g/mol. The number of amides is 1. The van der Waals surface area contributed by atoms with Gasteiger partial charge in [0, 0.05) is 37.0 Å². The van der Waals surface area contributed by atoms with E-state index in [1.54, 1.807) is 13.0 Å². The van der Waals surface area contributed by atoms with Gasteiger partial charge >= 0.3 is 5.97 Å². The van der Waals surface area contributed by atoms with Gasteiger partial charge in [0.1, 0.15) is 0 Å². The Bertz CT molecular complexity index is 1330. The summed E-state index contributed by atoms with van der Waals surface area (Å²) in [5, 5.41) is 3.52. The first-order chi connectivity index (χ1) is 21.0. The molecule has 1 aliphatic rings. The summed E-state index contributed by atoms with van der Waals surface area (Å²) in [6, 6.07) is 13.8. The molecule has 0 spiro atoms. The van der Waals surface area contributed by atoms with Crippen molar-refractivity contribution < 1.29 is 14.3 Å². The van der Waals surface area contributed by atoms with Crippen LogP contribution in [0.2, 0.25) is 0 Å². The average molecular weight is 588 g/mol. The summed E-state index contributed by atoms with van der Waals surface area (Å²) >= 11 is 0. The van der Waals surface area contributed by atoms with Crippen molar-refractivity contribution in [1.29, 1.82) is 0 Å². The minimum atomic E-state index is -0.348. The number of aromatic nitrogens is 2. The van der Waals surface area contributed by atoms with Gasteiger partial charge < -0.3 is 24.4 Å². The molecule has 1 amide bonds. The van der Waals surface area contributed by atoms with E-state index in [2.05, 4.69) is 28.6 Å². The summed E-state index contributed by atoms with van der Waals surface area (Å²) in [5.41, 5.74) is 4.39. The van der Waals surface area contributed by atoms with Crippen LogP contribution in [0.25, 0.3) is 17.1 Å². The summed E-state index contributed by atoms with van der Waals surface area (Å²) in [7, 11) is 0. The number of nitrogens with zero attached hydrogens (tertiary/aromatic N) is 4. The molecule has 2 aromatic carbocycles. The number of esters is 1. The van der Waals surface area contributed by atoms with Gasteiger partial charge in [-0.3, -0.25) is 4.79 Å². The van der Waals surface area contributed by atoms with Crippen LogP contribution in [0.4, 0.5) is 11.6 Å². The number of unbranched alkanes of at least 4 members (excludes halogenated alkanes) is 2. The van der Waals surface area contributed by atoms with E-state index in [9.17, 15) is 9.59 Å². The molecule has 0 unspecified atom stereocenters. The maximum Gasteiger partial charge on any atom is 0.330 e. The molecule has 0 bridgehead atoms. The first-order valence-electron chi connectivity index (χ1n) is 16.3. The second-order valence-electron chi connectivity index (χ2n) is 11.4. The number of hydrogen-bond donors (Lipinski definition) is 1. The number of imidazole rings is 1. The van der Waals surface area contributed by atoms with E-state index in [1.807, 2.05) is 47.4 Å². The van der Waals surface area contributed by atoms with Crippen molar-refractivity contribution in [2.24, 2.45) is 0 Å². The molecule has 3 aromatic rings. The highest BCUT2D eigenvalue weighted by Gasteiger charge is 2.19. The Balaban J connectivity index is 1.58. The monoisotopic (exact) mass is 587 g/mol. The number of fused-ring (bicyclic) bond motifs is 1. The van der Waals surface area contributed by atoms with Gasteiger partial charge in [-0.15, -0.1) is 0 Å². The number of carbonyl (C=O) groups excluding carboxylic acids is 2. The Hall–Kier alpha value is -3.65. The van der Waals surface area contributed by atoms with Gasteiger partial charge in [-0.05, 0) is 101 Å². The van der Waals surface area contributed by atoms with Gasteiger partial charge in [-0.1, -0.05) is 45.2 Å². The molecule has 43 heavy (non-hydrogen) atoms. The molecule has 1 fully saturated rings. The molecule has 2 heterocycles. The lowest BCUT2D eigenvalue weighted by atomic mass is 10.1. The van der Waals surface area contributed by atoms with Crippen LogP contribution in [0.5, 0.6) is 0 Å². The number of aryl methyl sites for hydroxylation is 1. The van der Waals surface area contributed by atoms with E-state index < -0.39 is 0 Å². The molecule has 0 aliphatic carbocycles. The summed E-state index contributed by atoms with van der Waals surface area (Å²) in [6.07, 6.45) is 12.3. The number of nitrogens with one attached hydrogen (secondary N) is 1. The zero-order chi connectivity index (χ0) is 30.4. The van der Waals surface area contributed by atoms with Gasteiger partial charge in [-0.2, -0.15) is 0 Å². The smallest absolute Gasteiger partial charge is 0.330 e. The fourth-order valence-electron chi connectivity index (χ4n) is 5.57. The van der Waals surface area contributed by atoms with Crippen molar-refractivity contribution >= 4 is 40.6 Å². The molecule has 232 valence electrons. The topological polar surface area (TPSA) is 79.7 Å². The first kappa shape index (κ1) is 32.3. The number of benzene rings is 2. The quantitative estimate of drug-likeness (QED) is 0.140. The van der Waals surface area contributed by atoms with E-state index >= 15 is 0 Å². The average Bonchev–Trinajstić information content (AvgIpc) is 3.37. The predicted molar refractivity (Wildman–Crippen MR) is 176 cm³/mol. The van der Waals surface area contributed by atoms with E-state index in [-0.39, 0.29) is 11.9 Å². The van der Waals surface area contributed by atoms with Crippen molar-refractivity contribution in [3.05, 3.63) is 59.7 Å². The molecule has 1 aromatic heterocycles. The van der Waals surface area contributed by atoms with Crippen LogP contribution in [0, 0.1) is 0 Å². The van der Waals surface area contributed by atoms with Crippen molar-refractivity contribution in [3.63, 3.8) is 0 Å². The van der Waals surface area contributed by atoms with Crippen LogP contribution in [0.15, 0.2) is 48.5 Å². The zero-order valence-electron chi connectivity index (χ0n) is 26.3. The van der Waals surface area contributed by atoms with E-state index in [0.717, 1.165) is 92.1 Å². The van der Waals surface area contributed by atoms with Crippen molar-refractivity contribution in [2.45, 2.75) is 78.7 Å². The van der Waals surface area contributed by atoms with E-state index in [1.165, 1.54) is 38.4 Å². The SMILES string of the molecule is CCCCN(CCCC)C(=O)c1ccc2nc(Nc3ccc(/C=C/C(=O)OCC)cc3)n(CCCN3CCCCC3)c2c1. The molecule has 8 nitrogen and oxygen atoms in total. The van der Waals surface area contributed by atoms with Gasteiger partial charge in [0.05, 0.1) is 17.6 Å². The largest absolute Gasteiger partial charge is 0.463 e. The van der Waals surface area contributed by atoms with Gasteiger partial charge in [0.15, 0.2) is 0 Å². The Morgan fingerprint density at radius 2 is 1.65 bits per heavy atom. The standard InChI is InChI=1S/C35H49N5O3/c1-4-7-24-39(25-8-5-2)34(42)29-16-19-31-32(27-29)40(26-12-23-38-21-10-9-11-22-38)35(37-31)36-30-17-13-28(14-18-30)15-20-33(41)43-6-3/h13-20,27H,4-12,21-26H2,1-3H3,(H,36,37)/b20-15+. The molecule has 4 rings (SSSR count). The Labute approximate surface area is 257 Å². The van der Waals surface area contributed by atoms with E-state index in [4.69, 9.17) is 9.72 Å². The zero-order valence-corrected chi connectivity index (χ0v) is 26.3. The van der Waals surface area contributed by atoms with Crippen molar-refractivity contribution in [1.82, 2.24) is 19.4 Å². The minimum Gasteiger partial charge on any atom is -0.463 e. The highest BCUT2D eigenvalue weighted by atomic mass is 16.5. The molecule has 1 saturated heterocycles. The number of ether oxygens (including phenoxy) is 1. The molecule has 8 heteroatoms. The maximum absolute atomic E-state index is 13.6. The lowest BCUT2D eigenvalue weighted by Gasteiger charge is -2.26. The predicted octanol–water partition coefficient (Wildman–Crippen LogP) is 7.27.